The quantitative estimate of drug-likeness (QED) is 0.491. The zero-order valence-electron chi connectivity index (χ0n) is 7.56. The highest BCUT2D eigenvalue weighted by Crippen LogP contribution is 2.25. The Bertz CT molecular complexity index is 387. The maximum atomic E-state index is 12.3. The molecule has 0 aliphatic rings. The Labute approximate surface area is 86.0 Å². The van der Waals surface area contributed by atoms with Crippen LogP contribution in [0, 0.1) is 0 Å². The number of hydrogen-bond acceptors (Lipinski definition) is 2. The average molecular weight is 244 g/mol. The van der Waals surface area contributed by atoms with Crippen LogP contribution in [0.2, 0.25) is 0 Å². The van der Waals surface area contributed by atoms with Crippen LogP contribution in [0.5, 0.6) is 5.75 Å². The van der Waals surface area contributed by atoms with Crippen LogP contribution in [0.3, 0.4) is 0 Å². The molecule has 2 nitrogen and oxygen atoms in total. The minimum Gasteiger partial charge on any atom is -0.445 e. The van der Waals surface area contributed by atoms with E-state index in [2.05, 4.69) is 4.74 Å². The number of benzene rings is 1. The molecule has 0 aliphatic carbocycles. The van der Waals surface area contributed by atoms with Crippen molar-refractivity contribution in [3.63, 3.8) is 0 Å². The van der Waals surface area contributed by atoms with E-state index >= 15 is 0 Å². The Balaban J connectivity index is 3.09. The molecule has 90 valence electrons. The van der Waals surface area contributed by atoms with Crippen LogP contribution in [0.4, 0.5) is 31.8 Å². The summed E-state index contributed by atoms with van der Waals surface area (Å²) in [6, 6.07) is 1.46. The lowest BCUT2D eigenvalue weighted by Gasteiger charge is -2.17. The monoisotopic (exact) mass is 244 g/mol. The lowest BCUT2D eigenvalue weighted by Crippen LogP contribution is -2.34. The van der Waals surface area contributed by atoms with E-state index in [1.54, 1.807) is 0 Å². The van der Waals surface area contributed by atoms with Crippen LogP contribution in [-0.2, 0) is 0 Å². The number of halogens is 6. The van der Waals surface area contributed by atoms with Gasteiger partial charge in [-0.3, -0.25) is 0 Å². The zero-order chi connectivity index (χ0) is 12.6. The maximum Gasteiger partial charge on any atom is 0.573 e. The van der Waals surface area contributed by atoms with Crippen molar-refractivity contribution in [2.45, 2.75) is 6.36 Å². The molecule has 0 amide bonds. The van der Waals surface area contributed by atoms with Crippen molar-refractivity contribution in [3.8, 4) is 5.75 Å². The van der Waals surface area contributed by atoms with Crippen molar-refractivity contribution >= 4 is 18.1 Å². The van der Waals surface area contributed by atoms with E-state index in [1.807, 2.05) is 0 Å². The molecule has 0 unspecified atom stereocenters. The van der Waals surface area contributed by atoms with Gasteiger partial charge in [0.25, 0.3) is 0 Å². The van der Waals surface area contributed by atoms with E-state index in [9.17, 15) is 26.1 Å². The normalized spacial score (nSPS) is 12.6. The van der Waals surface area contributed by atoms with Crippen molar-refractivity contribution in [1.29, 1.82) is 0 Å². The molecule has 0 spiro atoms. The van der Waals surface area contributed by atoms with Gasteiger partial charge >= 0.3 is 13.3 Å². The molecule has 1 rings (SSSR count). The van der Waals surface area contributed by atoms with Crippen LogP contribution < -0.4 is 15.9 Å². The largest absolute Gasteiger partial charge is 0.573 e. The predicted octanol–water partition coefficient (Wildman–Crippen LogP) is 2.22. The molecule has 0 heterocycles. The first-order chi connectivity index (χ1) is 7.08. The molecule has 0 aromatic heterocycles. The lowest BCUT2D eigenvalue weighted by atomic mass is 9.80. The first kappa shape index (κ1) is 12.5. The van der Waals surface area contributed by atoms with Crippen LogP contribution in [0.1, 0.15) is 0 Å². The van der Waals surface area contributed by atoms with Gasteiger partial charge in [0.2, 0.25) is 0 Å². The first-order valence-corrected chi connectivity index (χ1v) is 3.94. The molecule has 2 N–H and O–H groups in total. The van der Waals surface area contributed by atoms with Gasteiger partial charge in [0.05, 0.1) is 0 Å². The SMILES string of the molecule is Nc1cc(OC(F)(F)F)cc([B-](F)(F)F)c1. The molecular formula is C7H5BF6NO-. The Morgan fingerprint density at radius 2 is 1.62 bits per heavy atom. The van der Waals surface area contributed by atoms with Crippen molar-refractivity contribution in [2.24, 2.45) is 0 Å². The predicted molar refractivity (Wildman–Crippen MR) is 46.2 cm³/mol. The summed E-state index contributed by atoms with van der Waals surface area (Å²) in [6.07, 6.45) is -5.05. The minimum atomic E-state index is -5.42. The maximum absolute atomic E-state index is 12.3. The van der Waals surface area contributed by atoms with Gasteiger partial charge in [0.15, 0.2) is 0 Å². The van der Waals surface area contributed by atoms with Crippen molar-refractivity contribution in [2.75, 3.05) is 5.73 Å². The molecular weight excluding hydrogens is 239 g/mol. The van der Waals surface area contributed by atoms with Crippen molar-refractivity contribution < 1.29 is 30.9 Å². The molecule has 0 saturated heterocycles. The second-order valence-corrected chi connectivity index (χ2v) is 2.96. The summed E-state index contributed by atoms with van der Waals surface area (Å²) in [6.45, 7) is -5.42. The summed E-state index contributed by atoms with van der Waals surface area (Å²) in [5.74, 6) is -0.985. The average Bonchev–Trinajstić information content (AvgIpc) is 1.97. The van der Waals surface area contributed by atoms with Gasteiger partial charge in [-0.2, -0.15) is 0 Å². The second kappa shape index (κ2) is 3.80. The van der Waals surface area contributed by atoms with Gasteiger partial charge < -0.3 is 23.4 Å². The van der Waals surface area contributed by atoms with E-state index in [-0.39, 0.29) is 6.07 Å². The molecule has 0 fully saturated rings. The summed E-state index contributed by atoms with van der Waals surface area (Å²) in [7, 11) is 0. The lowest BCUT2D eigenvalue weighted by molar-refractivity contribution is -0.274. The van der Waals surface area contributed by atoms with E-state index < -0.39 is 30.2 Å². The van der Waals surface area contributed by atoms with Crippen LogP contribution in [0.25, 0.3) is 0 Å². The molecule has 0 atom stereocenters. The number of anilines is 1. The van der Waals surface area contributed by atoms with Crippen molar-refractivity contribution in [1.82, 2.24) is 0 Å². The number of ether oxygens (including phenoxy) is 1. The standard InChI is InChI=1S/C7H5BF6NO/c9-7(10,11)16-6-2-4(8(12,13)14)1-5(15)3-6/h1-3H,15H2/q-1. The highest BCUT2D eigenvalue weighted by atomic mass is 19.4. The third-order valence-electron chi connectivity index (χ3n) is 1.56. The number of alkyl halides is 3. The summed E-state index contributed by atoms with van der Waals surface area (Å²) in [4.78, 5) is 0. The summed E-state index contributed by atoms with van der Waals surface area (Å²) >= 11 is 0. The third-order valence-corrected chi connectivity index (χ3v) is 1.56. The molecule has 1 aromatic carbocycles. The highest BCUT2D eigenvalue weighted by Gasteiger charge is 2.32. The van der Waals surface area contributed by atoms with Crippen molar-refractivity contribution in [3.05, 3.63) is 18.2 Å². The van der Waals surface area contributed by atoms with Crippen LogP contribution >= 0.6 is 0 Å². The number of nitrogens with two attached hydrogens (primary N) is 1. The second-order valence-electron chi connectivity index (χ2n) is 2.96. The zero-order valence-corrected chi connectivity index (χ0v) is 7.56. The number of nitrogen functional groups attached to an aromatic ring is 1. The summed E-state index contributed by atoms with van der Waals surface area (Å²) < 4.78 is 75.4. The van der Waals surface area contributed by atoms with E-state index in [0.29, 0.717) is 12.1 Å². The highest BCUT2D eigenvalue weighted by molar-refractivity contribution is 6.73. The Hall–Kier alpha value is -1.54. The Kier molecular flexibility index (Phi) is 2.98. The minimum absolute atomic E-state index is 0.254. The van der Waals surface area contributed by atoms with Crippen LogP contribution in [0.15, 0.2) is 18.2 Å². The molecule has 0 bridgehead atoms. The topological polar surface area (TPSA) is 35.2 Å². The fourth-order valence-corrected chi connectivity index (χ4v) is 1.03. The van der Waals surface area contributed by atoms with E-state index in [1.165, 1.54) is 0 Å². The van der Waals surface area contributed by atoms with E-state index in [0.717, 1.165) is 0 Å². The molecule has 0 radical (unpaired) electrons. The molecule has 16 heavy (non-hydrogen) atoms. The number of rotatable bonds is 2. The van der Waals surface area contributed by atoms with Gasteiger partial charge in [-0.25, -0.2) is 0 Å². The summed E-state index contributed by atoms with van der Waals surface area (Å²) in [5.41, 5.74) is 3.35. The number of hydrogen-bond donors (Lipinski definition) is 1. The fourth-order valence-electron chi connectivity index (χ4n) is 1.03. The van der Waals surface area contributed by atoms with E-state index in [4.69, 9.17) is 5.73 Å². The third kappa shape index (κ3) is 3.56. The molecule has 9 heteroatoms. The van der Waals surface area contributed by atoms with Gasteiger partial charge in [0.1, 0.15) is 5.75 Å². The summed E-state index contributed by atoms with van der Waals surface area (Å²) in [5, 5.41) is 0. The Morgan fingerprint density at radius 1 is 1.06 bits per heavy atom. The van der Waals surface area contributed by atoms with Gasteiger partial charge in [0, 0.05) is 11.8 Å². The molecule has 0 saturated carbocycles. The van der Waals surface area contributed by atoms with Crippen LogP contribution in [-0.4, -0.2) is 13.3 Å². The smallest absolute Gasteiger partial charge is 0.445 e. The molecule has 1 aromatic rings. The van der Waals surface area contributed by atoms with Gasteiger partial charge in [-0.15, -0.1) is 18.6 Å². The molecule has 0 aliphatic heterocycles. The van der Waals surface area contributed by atoms with Gasteiger partial charge in [-0.1, -0.05) is 6.07 Å². The first-order valence-electron chi connectivity index (χ1n) is 3.94. The fraction of sp³-hybridized carbons (Fsp3) is 0.143. The van der Waals surface area contributed by atoms with Gasteiger partial charge in [-0.05, 0) is 6.07 Å². The Morgan fingerprint density at radius 3 is 2.06 bits per heavy atom.